The van der Waals surface area contributed by atoms with Gasteiger partial charge in [0, 0.05) is 22.3 Å². The molecule has 1 aliphatic rings. The first-order chi connectivity index (χ1) is 18.6. The highest BCUT2D eigenvalue weighted by atomic mass is 35.5. The quantitative estimate of drug-likeness (QED) is 0.301. The summed E-state index contributed by atoms with van der Waals surface area (Å²) in [5.74, 6) is -0.947. The fraction of sp³-hybridized carbons (Fsp3) is 0.321. The summed E-state index contributed by atoms with van der Waals surface area (Å²) in [5.41, 5.74) is -5.70. The molecule has 0 fully saturated rings. The number of anilines is 1. The third kappa shape index (κ3) is 5.75. The second-order valence-electron chi connectivity index (χ2n) is 9.48. The van der Waals surface area contributed by atoms with Crippen molar-refractivity contribution in [1.29, 1.82) is 0 Å². The van der Waals surface area contributed by atoms with E-state index in [1.807, 2.05) is 0 Å². The van der Waals surface area contributed by atoms with Crippen LogP contribution in [-0.4, -0.2) is 36.0 Å². The van der Waals surface area contributed by atoms with Gasteiger partial charge in [0.05, 0.1) is 17.5 Å². The lowest BCUT2D eigenvalue weighted by molar-refractivity contribution is -0.376. The largest absolute Gasteiger partial charge is 0.487 e. The number of alkyl halides is 6. The van der Waals surface area contributed by atoms with Crippen LogP contribution in [0.5, 0.6) is 5.75 Å². The molecule has 0 saturated carbocycles. The highest BCUT2D eigenvalue weighted by molar-refractivity contribution is 6.34. The number of rotatable bonds is 5. The Bertz CT molecular complexity index is 1370. The van der Waals surface area contributed by atoms with Gasteiger partial charge in [-0.3, -0.25) is 4.79 Å². The molecule has 12 heteroatoms. The summed E-state index contributed by atoms with van der Waals surface area (Å²) in [4.78, 5) is 15.0. The zero-order chi connectivity index (χ0) is 29.5. The molecule has 2 atom stereocenters. The molecule has 3 aromatic rings. The summed E-state index contributed by atoms with van der Waals surface area (Å²) >= 11 is 12.3. The monoisotopic (exact) mass is 605 g/mol. The lowest BCUT2D eigenvalue weighted by Crippen LogP contribution is -2.54. The van der Waals surface area contributed by atoms with E-state index >= 15 is 0 Å². The summed E-state index contributed by atoms with van der Waals surface area (Å²) in [6.07, 6.45) is -12.8. The van der Waals surface area contributed by atoms with Gasteiger partial charge in [-0.05, 0) is 49.1 Å². The van der Waals surface area contributed by atoms with E-state index in [2.05, 4.69) is 0 Å². The Balaban J connectivity index is 1.78. The SMILES string of the molecule is C[C@H](C(=O)N1C[C@@H](Oc2cc(Cl)ccc2Cl)CCc2cc(C(O)(C(F)(F)F)C(F)(F)F)ccc21)c1ccccc1. The maximum Gasteiger partial charge on any atom is 0.430 e. The molecule has 214 valence electrons. The average molecular weight is 606 g/mol. The van der Waals surface area contributed by atoms with Gasteiger partial charge in [0.1, 0.15) is 11.9 Å². The standard InChI is InChI=1S/C28H23Cl2F6NO3/c1-16(17-5-3-2-4-6-17)25(38)37-15-21(40-24-14-20(29)9-11-22(24)30)10-7-18-13-19(8-12-23(18)37)26(39,27(31,32)33)28(34,35)36/h2-6,8-9,11-14,16,21,39H,7,10,15H2,1H3/t16-,21-/m0/s1. The molecular formula is C28H23Cl2F6NO3. The van der Waals surface area contributed by atoms with Gasteiger partial charge in [-0.15, -0.1) is 0 Å². The van der Waals surface area contributed by atoms with Crippen LogP contribution < -0.4 is 9.64 Å². The van der Waals surface area contributed by atoms with Gasteiger partial charge in [0.2, 0.25) is 5.91 Å². The second kappa shape index (κ2) is 11.1. The van der Waals surface area contributed by atoms with Crippen LogP contribution in [0.25, 0.3) is 0 Å². The molecular weight excluding hydrogens is 583 g/mol. The number of hydrogen-bond donors (Lipinski definition) is 1. The summed E-state index contributed by atoms with van der Waals surface area (Å²) in [7, 11) is 0. The predicted molar refractivity (Wildman–Crippen MR) is 139 cm³/mol. The van der Waals surface area contributed by atoms with E-state index < -0.39 is 41.4 Å². The third-order valence-electron chi connectivity index (χ3n) is 6.85. The number of ether oxygens (including phenoxy) is 1. The molecule has 0 saturated heterocycles. The summed E-state index contributed by atoms with van der Waals surface area (Å²) < 4.78 is 87.6. The van der Waals surface area contributed by atoms with Gasteiger partial charge >= 0.3 is 12.4 Å². The van der Waals surface area contributed by atoms with E-state index in [1.165, 1.54) is 17.0 Å². The Labute approximate surface area is 236 Å². The van der Waals surface area contributed by atoms with E-state index in [0.29, 0.717) is 22.7 Å². The first-order valence-electron chi connectivity index (χ1n) is 12.1. The number of amides is 1. The Morgan fingerprint density at radius 3 is 2.25 bits per heavy atom. The van der Waals surface area contributed by atoms with Crippen molar-refractivity contribution < 1.29 is 41.0 Å². The maximum absolute atomic E-state index is 13.7. The molecule has 0 spiro atoms. The molecule has 4 nitrogen and oxygen atoms in total. The summed E-state index contributed by atoms with van der Waals surface area (Å²) in [6.45, 7) is 1.57. The molecule has 0 unspecified atom stereocenters. The first-order valence-corrected chi connectivity index (χ1v) is 12.9. The van der Waals surface area contributed by atoms with Crippen molar-refractivity contribution in [3.8, 4) is 5.75 Å². The lowest BCUT2D eigenvalue weighted by atomic mass is 9.89. The van der Waals surface area contributed by atoms with Crippen LogP contribution in [0.2, 0.25) is 10.0 Å². The second-order valence-corrected chi connectivity index (χ2v) is 10.3. The topological polar surface area (TPSA) is 49.8 Å². The number of carbonyl (C=O) groups is 1. The molecule has 0 aliphatic carbocycles. The summed E-state index contributed by atoms with van der Waals surface area (Å²) in [6, 6.07) is 15.4. The number of hydrogen-bond acceptors (Lipinski definition) is 3. The average Bonchev–Trinajstić information content (AvgIpc) is 3.07. The number of fused-ring (bicyclic) bond motifs is 1. The highest BCUT2D eigenvalue weighted by Crippen LogP contribution is 2.51. The van der Waals surface area contributed by atoms with Crippen molar-refractivity contribution in [1.82, 2.24) is 0 Å². The zero-order valence-electron chi connectivity index (χ0n) is 20.9. The fourth-order valence-electron chi connectivity index (χ4n) is 4.64. The van der Waals surface area contributed by atoms with Crippen LogP contribution in [-0.2, 0) is 16.8 Å². The molecule has 40 heavy (non-hydrogen) atoms. The van der Waals surface area contributed by atoms with Crippen LogP contribution in [0.4, 0.5) is 32.0 Å². The molecule has 1 N–H and O–H groups in total. The third-order valence-corrected chi connectivity index (χ3v) is 7.40. The minimum absolute atomic E-state index is 0.0151. The number of benzene rings is 3. The van der Waals surface area contributed by atoms with Gasteiger partial charge in [-0.1, -0.05) is 65.7 Å². The molecule has 3 aromatic carbocycles. The first kappa shape index (κ1) is 30.0. The number of aliphatic hydroxyl groups is 1. The van der Waals surface area contributed by atoms with Gasteiger partial charge in [-0.25, -0.2) is 0 Å². The van der Waals surface area contributed by atoms with Gasteiger partial charge in [0.25, 0.3) is 5.60 Å². The van der Waals surface area contributed by atoms with Crippen molar-refractivity contribution in [2.24, 2.45) is 0 Å². The van der Waals surface area contributed by atoms with Gasteiger partial charge in [0.15, 0.2) is 0 Å². The van der Waals surface area contributed by atoms with Crippen molar-refractivity contribution in [3.63, 3.8) is 0 Å². The van der Waals surface area contributed by atoms with E-state index in [0.717, 1.165) is 6.07 Å². The Hall–Kier alpha value is -2.95. The minimum Gasteiger partial charge on any atom is -0.487 e. The Morgan fingerprint density at radius 2 is 1.62 bits per heavy atom. The summed E-state index contributed by atoms with van der Waals surface area (Å²) in [5, 5.41) is 10.5. The van der Waals surface area contributed by atoms with Crippen molar-refractivity contribution in [2.45, 2.75) is 49.7 Å². The van der Waals surface area contributed by atoms with E-state index in [4.69, 9.17) is 27.9 Å². The Morgan fingerprint density at radius 1 is 0.975 bits per heavy atom. The molecule has 1 heterocycles. The number of aryl methyl sites for hydroxylation is 1. The van der Waals surface area contributed by atoms with Gasteiger partial charge < -0.3 is 14.7 Å². The fourth-order valence-corrected chi connectivity index (χ4v) is 4.97. The molecule has 0 bridgehead atoms. The van der Waals surface area contributed by atoms with E-state index in [-0.39, 0.29) is 41.4 Å². The van der Waals surface area contributed by atoms with Crippen LogP contribution >= 0.6 is 23.2 Å². The van der Waals surface area contributed by atoms with Gasteiger partial charge in [-0.2, -0.15) is 26.3 Å². The van der Waals surface area contributed by atoms with Crippen molar-refractivity contribution in [2.75, 3.05) is 11.4 Å². The van der Waals surface area contributed by atoms with Crippen LogP contribution in [0.1, 0.15) is 36.0 Å². The molecule has 0 radical (unpaired) electrons. The molecule has 0 aromatic heterocycles. The van der Waals surface area contributed by atoms with Crippen LogP contribution in [0.15, 0.2) is 66.7 Å². The molecule has 1 amide bonds. The predicted octanol–water partition coefficient (Wildman–Crippen LogP) is 7.84. The maximum atomic E-state index is 13.7. The number of halogens is 8. The zero-order valence-corrected chi connectivity index (χ0v) is 22.4. The molecule has 1 aliphatic heterocycles. The highest BCUT2D eigenvalue weighted by Gasteiger charge is 2.71. The minimum atomic E-state index is -6.05. The number of nitrogens with zero attached hydrogens (tertiary/aromatic N) is 1. The molecule has 4 rings (SSSR count). The lowest BCUT2D eigenvalue weighted by Gasteiger charge is -2.34. The number of carbonyl (C=O) groups excluding carboxylic acids is 1. The normalized spacial score (nSPS) is 17.1. The van der Waals surface area contributed by atoms with Crippen molar-refractivity contribution in [3.05, 3.63) is 93.5 Å². The van der Waals surface area contributed by atoms with Crippen molar-refractivity contribution >= 4 is 34.8 Å². The van der Waals surface area contributed by atoms with E-state index in [1.54, 1.807) is 43.3 Å². The van der Waals surface area contributed by atoms with E-state index in [9.17, 15) is 36.2 Å². The Kier molecular flexibility index (Phi) is 8.36. The smallest absolute Gasteiger partial charge is 0.430 e. The van der Waals surface area contributed by atoms with Crippen LogP contribution in [0.3, 0.4) is 0 Å². The van der Waals surface area contributed by atoms with Crippen LogP contribution in [0, 0.1) is 0 Å².